The van der Waals surface area contributed by atoms with E-state index < -0.39 is 6.04 Å². The Balaban J connectivity index is 1.97. The van der Waals surface area contributed by atoms with E-state index in [-0.39, 0.29) is 24.7 Å². The van der Waals surface area contributed by atoms with Crippen LogP contribution in [0.4, 0.5) is 0 Å². The number of allylic oxidation sites excluding steroid dienone is 2. The highest BCUT2D eigenvalue weighted by Gasteiger charge is 2.46. The summed E-state index contributed by atoms with van der Waals surface area (Å²) < 4.78 is 5.41. The number of azide groups is 1. The molecule has 0 aromatic rings. The molecule has 2 fully saturated rings. The first-order chi connectivity index (χ1) is 11.1. The average molecular weight is 340 g/mol. The van der Waals surface area contributed by atoms with Crippen molar-refractivity contribution in [2.75, 3.05) is 19.8 Å². The zero-order chi connectivity index (χ0) is 16.4. The van der Waals surface area contributed by atoms with Crippen molar-refractivity contribution in [1.82, 2.24) is 15.2 Å². The number of ether oxygens (including phenoxy) is 1. The normalized spacial score (nSPS) is 29.1. The smallest absolute Gasteiger partial charge is 0.258 e. The number of nitrogens with one attached hydrogen (secondary N) is 1. The van der Waals surface area contributed by atoms with Gasteiger partial charge in [0, 0.05) is 24.2 Å². The Labute approximate surface area is 138 Å². The third-order valence-corrected chi connectivity index (χ3v) is 4.58. The summed E-state index contributed by atoms with van der Waals surface area (Å²) in [5, 5.41) is 8.34. The number of dihydropyridines is 1. The zero-order valence-electron chi connectivity index (χ0n) is 12.4. The van der Waals surface area contributed by atoms with Gasteiger partial charge in [0.25, 0.3) is 5.91 Å². The van der Waals surface area contributed by atoms with Crippen LogP contribution in [0.5, 0.6) is 0 Å². The zero-order valence-corrected chi connectivity index (χ0v) is 13.2. The summed E-state index contributed by atoms with van der Waals surface area (Å²) in [7, 11) is 0. The van der Waals surface area contributed by atoms with Gasteiger partial charge in [0.2, 0.25) is 0 Å². The summed E-state index contributed by atoms with van der Waals surface area (Å²) in [6, 6.07) is -0.514. The molecule has 3 aliphatic heterocycles. The molecule has 0 bridgehead atoms. The molecule has 3 heterocycles. The van der Waals surface area contributed by atoms with E-state index in [1.165, 1.54) is 0 Å². The number of hydrogen-bond acceptors (Lipinski definition) is 6. The Morgan fingerprint density at radius 3 is 2.91 bits per heavy atom. The van der Waals surface area contributed by atoms with Crippen molar-refractivity contribution in [1.29, 1.82) is 0 Å². The molecule has 0 aromatic carbocycles. The van der Waals surface area contributed by atoms with E-state index in [9.17, 15) is 4.79 Å². The molecule has 1 unspecified atom stereocenters. The molecule has 0 aliphatic carbocycles. The molecule has 1 amide bonds. The van der Waals surface area contributed by atoms with E-state index in [2.05, 4.69) is 15.3 Å². The fourth-order valence-electron chi connectivity index (χ4n) is 3.27. The molecule has 10 heteroatoms. The van der Waals surface area contributed by atoms with Crippen LogP contribution in [-0.4, -0.2) is 53.8 Å². The van der Waals surface area contributed by atoms with Gasteiger partial charge in [-0.3, -0.25) is 9.69 Å². The number of rotatable bonds is 3. The third kappa shape index (κ3) is 3.01. The predicted molar refractivity (Wildman–Crippen MR) is 83.5 cm³/mol. The van der Waals surface area contributed by atoms with Gasteiger partial charge in [0.15, 0.2) is 0 Å². The van der Waals surface area contributed by atoms with Crippen molar-refractivity contribution in [2.45, 2.75) is 31.1 Å². The van der Waals surface area contributed by atoms with E-state index >= 15 is 0 Å². The lowest BCUT2D eigenvalue weighted by Gasteiger charge is -2.50. The summed E-state index contributed by atoms with van der Waals surface area (Å²) >= 11 is 6.10. The second-order valence-electron chi connectivity index (χ2n) is 5.58. The maximum atomic E-state index is 12.6. The van der Waals surface area contributed by atoms with Crippen LogP contribution in [0.1, 0.15) is 12.8 Å². The van der Waals surface area contributed by atoms with Crippen molar-refractivity contribution in [2.24, 2.45) is 11.0 Å². The van der Waals surface area contributed by atoms with Gasteiger partial charge in [-0.1, -0.05) is 16.7 Å². The molecule has 0 radical (unpaired) electrons. The van der Waals surface area contributed by atoms with E-state index in [0.717, 1.165) is 17.9 Å². The number of fused-ring (bicyclic) bond motifs is 1. The number of nitrogens with two attached hydrogens (primary N) is 1. The van der Waals surface area contributed by atoms with Crippen LogP contribution in [0.25, 0.3) is 10.4 Å². The van der Waals surface area contributed by atoms with Crippen molar-refractivity contribution >= 4 is 17.5 Å². The summed E-state index contributed by atoms with van der Waals surface area (Å²) in [6.07, 6.45) is 4.64. The maximum absolute atomic E-state index is 12.6. The van der Waals surface area contributed by atoms with Crippen LogP contribution in [0.3, 0.4) is 0 Å². The lowest BCUT2D eigenvalue weighted by molar-refractivity contribution is -0.145. The van der Waals surface area contributed by atoms with Crippen LogP contribution >= 0.6 is 11.6 Å². The molecule has 2 atom stereocenters. The first kappa shape index (κ1) is 16.1. The molecule has 2 saturated heterocycles. The number of carbonyl (C=O) groups is 1. The fraction of sp³-hybridized carbons (Fsp3) is 0.615. The van der Waals surface area contributed by atoms with Crippen LogP contribution < -0.4 is 11.2 Å². The monoisotopic (exact) mass is 339 g/mol. The van der Waals surface area contributed by atoms with Crippen molar-refractivity contribution in [3.8, 4) is 0 Å². The highest BCUT2D eigenvalue weighted by molar-refractivity contribution is 6.29. The quantitative estimate of drug-likeness (QED) is 0.196. The topological polar surface area (TPSA) is 120 Å². The molecule has 3 aliphatic rings. The van der Waals surface area contributed by atoms with Crippen molar-refractivity contribution in [3.63, 3.8) is 0 Å². The molecule has 124 valence electrons. The van der Waals surface area contributed by atoms with Gasteiger partial charge >= 0.3 is 0 Å². The van der Waals surface area contributed by atoms with Gasteiger partial charge in [0.05, 0.1) is 18.3 Å². The van der Waals surface area contributed by atoms with Gasteiger partial charge in [0.1, 0.15) is 11.3 Å². The number of amides is 1. The first-order valence-electron chi connectivity index (χ1n) is 7.42. The van der Waals surface area contributed by atoms with E-state index in [1.54, 1.807) is 12.2 Å². The number of nitrogens with zero attached hydrogens (tertiary/aromatic N) is 5. The van der Waals surface area contributed by atoms with Gasteiger partial charge in [-0.05, 0) is 30.5 Å². The largest absolute Gasteiger partial charge is 0.381 e. The molecule has 23 heavy (non-hydrogen) atoms. The van der Waals surface area contributed by atoms with Crippen molar-refractivity contribution < 1.29 is 9.53 Å². The third-order valence-electron chi connectivity index (χ3n) is 4.34. The van der Waals surface area contributed by atoms with Crippen LogP contribution in [0.2, 0.25) is 0 Å². The second-order valence-corrected chi connectivity index (χ2v) is 5.99. The lowest BCUT2D eigenvalue weighted by Crippen LogP contribution is -2.69. The Morgan fingerprint density at radius 1 is 1.48 bits per heavy atom. The number of carbonyl (C=O) groups excluding carboxylic acids is 1. The van der Waals surface area contributed by atoms with Crippen molar-refractivity contribution in [3.05, 3.63) is 33.4 Å². The molecule has 0 saturated carbocycles. The van der Waals surface area contributed by atoms with E-state index in [0.29, 0.717) is 24.1 Å². The lowest BCUT2D eigenvalue weighted by atomic mass is 9.98. The molecule has 3 rings (SSSR count). The highest BCUT2D eigenvalue weighted by atomic mass is 35.5. The summed E-state index contributed by atoms with van der Waals surface area (Å²) in [5.74, 6) is 5.66. The number of hydrazine groups is 1. The summed E-state index contributed by atoms with van der Waals surface area (Å²) in [6.45, 7) is 1.28. The van der Waals surface area contributed by atoms with E-state index in [4.69, 9.17) is 27.7 Å². The molecule has 0 spiro atoms. The molecule has 0 aromatic heterocycles. The van der Waals surface area contributed by atoms with Gasteiger partial charge in [-0.15, -0.1) is 0 Å². The first-order valence-corrected chi connectivity index (χ1v) is 7.80. The number of piperazine rings is 1. The molecule has 9 nitrogen and oxygen atoms in total. The number of hydrogen-bond donors (Lipinski definition) is 2. The minimum Gasteiger partial charge on any atom is -0.381 e. The molecule has 3 N–H and O–H groups in total. The van der Waals surface area contributed by atoms with Crippen LogP contribution in [-0.2, 0) is 9.53 Å². The molecular weight excluding hydrogens is 322 g/mol. The average Bonchev–Trinajstić information content (AvgIpc) is 2.57. The highest BCUT2D eigenvalue weighted by Crippen LogP contribution is 2.31. The fourth-order valence-corrected chi connectivity index (χ4v) is 3.44. The minimum absolute atomic E-state index is 0.0210. The SMILES string of the molecule is [N-]=[N+]=NC[C@@H]1C(=O)N(N)C2=CC=C(Cl)NC2N1C1CCOCC1. The standard InChI is InChI=1S/C13H18ClN7O2/c14-11-2-1-9-12(18-11)20(8-3-5-23-6-4-8)10(7-17-19-15)13(22)21(9)16/h1-2,8,10,12,18H,3-7,16H2/t10-,12?/m1/s1. The van der Waals surface area contributed by atoms with Crippen LogP contribution in [0.15, 0.2) is 28.1 Å². The van der Waals surface area contributed by atoms with Crippen LogP contribution in [0, 0.1) is 0 Å². The Hall–Kier alpha value is -1.77. The summed E-state index contributed by atoms with van der Waals surface area (Å²) in [4.78, 5) is 17.4. The van der Waals surface area contributed by atoms with Gasteiger partial charge in [-0.25, -0.2) is 10.9 Å². The number of halogens is 1. The summed E-state index contributed by atoms with van der Waals surface area (Å²) in [5.41, 5.74) is 9.25. The van der Waals surface area contributed by atoms with E-state index in [1.807, 2.05) is 4.90 Å². The Morgan fingerprint density at radius 2 is 2.22 bits per heavy atom. The van der Waals surface area contributed by atoms with Gasteiger partial charge in [-0.2, -0.15) is 0 Å². The minimum atomic E-state index is -0.629. The maximum Gasteiger partial charge on any atom is 0.258 e. The molecular formula is C13H18ClN7O2. The Kier molecular flexibility index (Phi) is 4.74. The second kappa shape index (κ2) is 6.77. The Bertz CT molecular complexity index is 591. The predicted octanol–water partition coefficient (Wildman–Crippen LogP) is 0.756. The van der Waals surface area contributed by atoms with Gasteiger partial charge < -0.3 is 10.1 Å².